The number of rotatable bonds is 3. The van der Waals surface area contributed by atoms with E-state index in [0.29, 0.717) is 0 Å². The molecule has 2 N–H and O–H groups in total. The molecule has 0 amide bonds. The zero-order valence-corrected chi connectivity index (χ0v) is 9.91. The number of nitrogens with two attached hydrogens (primary N) is 1. The van der Waals surface area contributed by atoms with Crippen molar-refractivity contribution in [3.05, 3.63) is 34.8 Å². The van der Waals surface area contributed by atoms with Crippen LogP contribution < -0.4 is 5.73 Å². The lowest BCUT2D eigenvalue weighted by Gasteiger charge is -2.06. The second-order valence-electron chi connectivity index (χ2n) is 2.79. The molecule has 13 heavy (non-hydrogen) atoms. The third kappa shape index (κ3) is 3.08. The lowest BCUT2D eigenvalue weighted by molar-refractivity contribution is 1.37. The molecule has 0 heterocycles. The van der Waals surface area contributed by atoms with E-state index in [4.69, 9.17) is 5.73 Å². The van der Waals surface area contributed by atoms with E-state index in [0.717, 1.165) is 26.4 Å². The van der Waals surface area contributed by atoms with Crippen molar-refractivity contribution in [1.82, 2.24) is 0 Å². The summed E-state index contributed by atoms with van der Waals surface area (Å²) in [6.07, 6.45) is 0. The maximum Gasteiger partial charge on any atom is 0.0482 e. The van der Waals surface area contributed by atoms with Gasteiger partial charge in [0.15, 0.2) is 0 Å². The highest BCUT2D eigenvalue weighted by molar-refractivity contribution is 9.11. The van der Waals surface area contributed by atoms with E-state index in [1.54, 1.807) is 11.8 Å². The Bertz CT molecular complexity index is 323. The van der Waals surface area contributed by atoms with Gasteiger partial charge in [-0.2, -0.15) is 0 Å². The predicted molar refractivity (Wildman–Crippen MR) is 64.4 cm³/mol. The molecule has 0 aliphatic rings. The normalized spacial score (nSPS) is 10.0. The molecule has 0 spiro atoms. The van der Waals surface area contributed by atoms with Gasteiger partial charge in [0.05, 0.1) is 0 Å². The van der Waals surface area contributed by atoms with Gasteiger partial charge in [0.2, 0.25) is 0 Å². The van der Waals surface area contributed by atoms with E-state index < -0.39 is 0 Å². The van der Waals surface area contributed by atoms with Crippen LogP contribution in [-0.4, -0.2) is 5.75 Å². The Labute approximate surface area is 91.5 Å². The van der Waals surface area contributed by atoms with Gasteiger partial charge in [-0.3, -0.25) is 0 Å². The first-order valence-corrected chi connectivity index (χ1v) is 5.70. The summed E-state index contributed by atoms with van der Waals surface area (Å²) < 4.78 is 0.985. The molecule has 1 aromatic carbocycles. The summed E-state index contributed by atoms with van der Waals surface area (Å²) in [5.74, 6) is 0.855. The first kappa shape index (κ1) is 10.7. The van der Waals surface area contributed by atoms with Gasteiger partial charge in [-0.05, 0) is 23.0 Å². The second-order valence-corrected chi connectivity index (χ2v) is 4.93. The second kappa shape index (κ2) is 4.72. The van der Waals surface area contributed by atoms with Crippen LogP contribution in [0.1, 0.15) is 5.56 Å². The summed E-state index contributed by atoms with van der Waals surface area (Å²) in [5, 5.41) is 0. The van der Waals surface area contributed by atoms with E-state index in [1.807, 2.05) is 25.1 Å². The third-order valence-electron chi connectivity index (χ3n) is 1.67. The molecule has 0 saturated heterocycles. The predicted octanol–water partition coefficient (Wildman–Crippen LogP) is 3.58. The Balaban J connectivity index is 2.77. The zero-order chi connectivity index (χ0) is 9.84. The molecule has 0 aromatic heterocycles. The van der Waals surface area contributed by atoms with Gasteiger partial charge < -0.3 is 5.73 Å². The fourth-order valence-corrected chi connectivity index (χ4v) is 2.08. The SMILES string of the molecule is C=C(Br)CSc1cccc(C)c1N. The van der Waals surface area contributed by atoms with E-state index in [1.165, 1.54) is 0 Å². The van der Waals surface area contributed by atoms with Crippen molar-refractivity contribution >= 4 is 33.4 Å². The summed E-state index contributed by atoms with van der Waals surface area (Å²) in [6, 6.07) is 6.07. The number of anilines is 1. The van der Waals surface area contributed by atoms with Crippen molar-refractivity contribution in [3.63, 3.8) is 0 Å². The smallest absolute Gasteiger partial charge is 0.0482 e. The number of nitrogen functional groups attached to an aromatic ring is 1. The number of halogens is 1. The summed E-state index contributed by atoms with van der Waals surface area (Å²) >= 11 is 5.02. The van der Waals surface area contributed by atoms with Crippen molar-refractivity contribution in [2.75, 3.05) is 11.5 Å². The van der Waals surface area contributed by atoms with Crippen molar-refractivity contribution in [3.8, 4) is 0 Å². The molecule has 0 bridgehead atoms. The Morgan fingerprint density at radius 2 is 2.31 bits per heavy atom. The van der Waals surface area contributed by atoms with Crippen LogP contribution in [0, 0.1) is 6.92 Å². The van der Waals surface area contributed by atoms with Gasteiger partial charge >= 0.3 is 0 Å². The van der Waals surface area contributed by atoms with Crippen molar-refractivity contribution < 1.29 is 0 Å². The highest BCUT2D eigenvalue weighted by Gasteiger charge is 2.01. The molecular weight excluding hydrogens is 246 g/mol. The summed E-state index contributed by atoms with van der Waals surface area (Å²) in [4.78, 5) is 1.13. The van der Waals surface area contributed by atoms with Crippen LogP contribution in [0.2, 0.25) is 0 Å². The van der Waals surface area contributed by atoms with Gasteiger partial charge in [0.25, 0.3) is 0 Å². The van der Waals surface area contributed by atoms with E-state index in [9.17, 15) is 0 Å². The molecule has 1 nitrogen and oxygen atoms in total. The van der Waals surface area contributed by atoms with Crippen LogP contribution >= 0.6 is 27.7 Å². The molecule has 0 aliphatic carbocycles. The van der Waals surface area contributed by atoms with Gasteiger partial charge in [-0.1, -0.05) is 34.6 Å². The molecule has 0 radical (unpaired) electrons. The van der Waals surface area contributed by atoms with E-state index in [2.05, 4.69) is 22.5 Å². The Morgan fingerprint density at radius 1 is 1.62 bits per heavy atom. The number of hydrogen-bond acceptors (Lipinski definition) is 2. The summed E-state index contributed by atoms with van der Waals surface area (Å²) in [5.41, 5.74) is 7.91. The minimum Gasteiger partial charge on any atom is -0.398 e. The lowest BCUT2D eigenvalue weighted by atomic mass is 10.2. The van der Waals surface area contributed by atoms with Gasteiger partial charge in [0, 0.05) is 16.3 Å². The average Bonchev–Trinajstić information content (AvgIpc) is 2.07. The van der Waals surface area contributed by atoms with Gasteiger partial charge in [0.1, 0.15) is 0 Å². The van der Waals surface area contributed by atoms with Crippen molar-refractivity contribution in [1.29, 1.82) is 0 Å². The van der Waals surface area contributed by atoms with Gasteiger partial charge in [-0.15, -0.1) is 11.8 Å². The van der Waals surface area contributed by atoms with Crippen molar-refractivity contribution in [2.24, 2.45) is 0 Å². The first-order valence-electron chi connectivity index (χ1n) is 3.92. The average molecular weight is 258 g/mol. The van der Waals surface area contributed by atoms with Crippen LogP contribution in [0.5, 0.6) is 0 Å². The standard InChI is InChI=1S/C10H12BrNS/c1-7-4-3-5-9(10(7)12)13-6-8(2)11/h3-5H,2,6,12H2,1H3. The maximum atomic E-state index is 5.90. The van der Waals surface area contributed by atoms with Crippen molar-refractivity contribution in [2.45, 2.75) is 11.8 Å². The molecule has 0 atom stereocenters. The monoisotopic (exact) mass is 257 g/mol. The molecule has 1 aromatic rings. The molecule has 0 aliphatic heterocycles. The number of benzene rings is 1. The van der Waals surface area contributed by atoms with Crippen LogP contribution in [0.3, 0.4) is 0 Å². The van der Waals surface area contributed by atoms with E-state index in [-0.39, 0.29) is 0 Å². The minimum atomic E-state index is 0.855. The van der Waals surface area contributed by atoms with Crippen LogP contribution in [0.25, 0.3) is 0 Å². The molecule has 0 unspecified atom stereocenters. The number of para-hydroxylation sites is 1. The molecular formula is C10H12BrNS. The fourth-order valence-electron chi connectivity index (χ4n) is 0.936. The highest BCUT2D eigenvalue weighted by Crippen LogP contribution is 2.29. The topological polar surface area (TPSA) is 26.0 Å². The molecule has 1 rings (SSSR count). The van der Waals surface area contributed by atoms with Crippen LogP contribution in [0.4, 0.5) is 5.69 Å². The first-order chi connectivity index (χ1) is 6.11. The third-order valence-corrected chi connectivity index (χ3v) is 3.48. The van der Waals surface area contributed by atoms with E-state index >= 15 is 0 Å². The summed E-state index contributed by atoms with van der Waals surface area (Å²) in [6.45, 7) is 5.79. The summed E-state index contributed by atoms with van der Waals surface area (Å²) in [7, 11) is 0. The minimum absolute atomic E-state index is 0.855. The molecule has 0 fully saturated rings. The zero-order valence-electron chi connectivity index (χ0n) is 7.51. The Kier molecular flexibility index (Phi) is 3.88. The van der Waals surface area contributed by atoms with Crippen LogP contribution in [-0.2, 0) is 0 Å². The number of aryl methyl sites for hydroxylation is 1. The Morgan fingerprint density at radius 3 is 2.92 bits per heavy atom. The quantitative estimate of drug-likeness (QED) is 0.662. The molecule has 70 valence electrons. The highest BCUT2D eigenvalue weighted by atomic mass is 79.9. The Hall–Kier alpha value is -0.410. The molecule has 3 heteroatoms. The molecule has 0 saturated carbocycles. The van der Waals surface area contributed by atoms with Crippen LogP contribution in [0.15, 0.2) is 34.2 Å². The lowest BCUT2D eigenvalue weighted by Crippen LogP contribution is -1.92. The van der Waals surface area contributed by atoms with Gasteiger partial charge in [-0.25, -0.2) is 0 Å². The maximum absolute atomic E-state index is 5.90. The number of thioether (sulfide) groups is 1. The fraction of sp³-hybridized carbons (Fsp3) is 0.200. The number of hydrogen-bond donors (Lipinski definition) is 1. The largest absolute Gasteiger partial charge is 0.398 e.